The van der Waals surface area contributed by atoms with Gasteiger partial charge in [0.25, 0.3) is 5.56 Å². The van der Waals surface area contributed by atoms with Gasteiger partial charge in [-0.25, -0.2) is 0 Å². The first-order valence-corrected chi connectivity index (χ1v) is 4.43. The third-order valence-corrected chi connectivity index (χ3v) is 2.00. The summed E-state index contributed by atoms with van der Waals surface area (Å²) < 4.78 is 0. The molecule has 0 amide bonds. The SMILES string of the molecule is CC.Cc1[nH]c(=O)c(O)c(C)c1C. The number of hydrogen-bond acceptors (Lipinski definition) is 2. The summed E-state index contributed by atoms with van der Waals surface area (Å²) in [4.78, 5) is 13.4. The Labute approximate surface area is 78.4 Å². The van der Waals surface area contributed by atoms with Gasteiger partial charge in [0.2, 0.25) is 0 Å². The summed E-state index contributed by atoms with van der Waals surface area (Å²) in [6.45, 7) is 9.40. The zero-order valence-electron chi connectivity index (χ0n) is 8.86. The maximum Gasteiger partial charge on any atom is 0.290 e. The second-order valence-corrected chi connectivity index (χ2v) is 2.68. The van der Waals surface area contributed by atoms with Gasteiger partial charge in [-0.3, -0.25) is 4.79 Å². The van der Waals surface area contributed by atoms with Crippen molar-refractivity contribution in [2.45, 2.75) is 34.6 Å². The molecule has 1 rings (SSSR count). The van der Waals surface area contributed by atoms with Gasteiger partial charge in [-0.1, -0.05) is 13.8 Å². The van der Waals surface area contributed by atoms with Crippen LogP contribution in [0.25, 0.3) is 0 Å². The number of aryl methyl sites for hydroxylation is 1. The Balaban J connectivity index is 0.000000671. The fourth-order valence-corrected chi connectivity index (χ4v) is 0.952. The van der Waals surface area contributed by atoms with E-state index in [4.69, 9.17) is 5.11 Å². The van der Waals surface area contributed by atoms with E-state index in [0.29, 0.717) is 5.56 Å². The van der Waals surface area contributed by atoms with Gasteiger partial charge in [0, 0.05) is 11.3 Å². The maximum absolute atomic E-state index is 10.9. The van der Waals surface area contributed by atoms with Gasteiger partial charge in [-0.2, -0.15) is 0 Å². The lowest BCUT2D eigenvalue weighted by Crippen LogP contribution is -2.09. The van der Waals surface area contributed by atoms with Crippen molar-refractivity contribution in [2.75, 3.05) is 0 Å². The second kappa shape index (κ2) is 4.70. The van der Waals surface area contributed by atoms with Crippen LogP contribution in [0.4, 0.5) is 0 Å². The summed E-state index contributed by atoms with van der Waals surface area (Å²) >= 11 is 0. The number of aromatic amines is 1. The van der Waals surface area contributed by atoms with E-state index in [0.717, 1.165) is 11.3 Å². The van der Waals surface area contributed by atoms with Crippen LogP contribution in [0.5, 0.6) is 5.75 Å². The highest BCUT2D eigenvalue weighted by Crippen LogP contribution is 2.15. The van der Waals surface area contributed by atoms with Crippen LogP contribution in [0, 0.1) is 20.8 Å². The van der Waals surface area contributed by atoms with Crippen LogP contribution < -0.4 is 5.56 Å². The van der Waals surface area contributed by atoms with E-state index >= 15 is 0 Å². The van der Waals surface area contributed by atoms with E-state index in [2.05, 4.69) is 4.98 Å². The molecular weight excluding hydrogens is 166 g/mol. The average molecular weight is 183 g/mol. The topological polar surface area (TPSA) is 53.1 Å². The zero-order valence-corrected chi connectivity index (χ0v) is 8.86. The Morgan fingerprint density at radius 1 is 1.08 bits per heavy atom. The van der Waals surface area contributed by atoms with E-state index in [1.165, 1.54) is 0 Å². The fraction of sp³-hybridized carbons (Fsp3) is 0.500. The van der Waals surface area contributed by atoms with Crippen LogP contribution in [0.15, 0.2) is 4.79 Å². The van der Waals surface area contributed by atoms with E-state index in [-0.39, 0.29) is 5.75 Å². The molecule has 0 aromatic carbocycles. The molecule has 13 heavy (non-hydrogen) atoms. The van der Waals surface area contributed by atoms with Gasteiger partial charge in [-0.05, 0) is 26.3 Å². The summed E-state index contributed by atoms with van der Waals surface area (Å²) in [6, 6.07) is 0. The van der Waals surface area contributed by atoms with Gasteiger partial charge in [0.1, 0.15) is 0 Å². The molecule has 3 nitrogen and oxygen atoms in total. The molecule has 0 aliphatic rings. The fourth-order valence-electron chi connectivity index (χ4n) is 0.952. The molecule has 0 bridgehead atoms. The molecule has 0 spiro atoms. The van der Waals surface area contributed by atoms with Crippen molar-refractivity contribution in [2.24, 2.45) is 0 Å². The highest BCUT2D eigenvalue weighted by molar-refractivity contribution is 5.37. The Bertz CT molecular complexity index is 340. The molecule has 0 saturated carbocycles. The molecule has 0 saturated heterocycles. The lowest BCUT2D eigenvalue weighted by atomic mass is 10.1. The Kier molecular flexibility index (Phi) is 4.25. The Hall–Kier alpha value is -1.25. The third kappa shape index (κ3) is 2.34. The minimum atomic E-state index is -0.411. The Morgan fingerprint density at radius 3 is 2.00 bits per heavy atom. The quantitative estimate of drug-likeness (QED) is 0.646. The number of nitrogens with one attached hydrogen (secondary N) is 1. The molecule has 74 valence electrons. The zero-order chi connectivity index (χ0) is 10.6. The van der Waals surface area contributed by atoms with Crippen molar-refractivity contribution in [3.8, 4) is 5.75 Å². The minimum Gasteiger partial charge on any atom is -0.503 e. The number of hydrogen-bond donors (Lipinski definition) is 2. The van der Waals surface area contributed by atoms with E-state index < -0.39 is 5.56 Å². The first-order chi connectivity index (χ1) is 6.04. The minimum absolute atomic E-state index is 0.173. The molecule has 0 aliphatic carbocycles. The van der Waals surface area contributed by atoms with Crippen LogP contribution in [0.3, 0.4) is 0 Å². The molecule has 2 N–H and O–H groups in total. The second-order valence-electron chi connectivity index (χ2n) is 2.68. The smallest absolute Gasteiger partial charge is 0.290 e. The molecule has 3 heteroatoms. The lowest BCUT2D eigenvalue weighted by molar-refractivity contribution is 0.461. The number of H-pyrrole nitrogens is 1. The molecule has 0 unspecified atom stereocenters. The van der Waals surface area contributed by atoms with Crippen LogP contribution in [0.1, 0.15) is 30.7 Å². The van der Waals surface area contributed by atoms with E-state index in [1.54, 1.807) is 6.92 Å². The van der Waals surface area contributed by atoms with Gasteiger partial charge in [0.15, 0.2) is 5.75 Å². The Morgan fingerprint density at radius 2 is 1.54 bits per heavy atom. The summed E-state index contributed by atoms with van der Waals surface area (Å²) in [5.74, 6) is -0.173. The highest BCUT2D eigenvalue weighted by Gasteiger charge is 2.05. The van der Waals surface area contributed by atoms with Crippen molar-refractivity contribution in [3.05, 3.63) is 27.2 Å². The molecule has 0 aliphatic heterocycles. The summed E-state index contributed by atoms with van der Waals surface area (Å²) in [5.41, 5.74) is 1.99. The van der Waals surface area contributed by atoms with Crippen molar-refractivity contribution >= 4 is 0 Å². The number of aromatic nitrogens is 1. The normalized spacial score (nSPS) is 9.00. The van der Waals surface area contributed by atoms with Gasteiger partial charge in [-0.15, -0.1) is 0 Å². The van der Waals surface area contributed by atoms with Gasteiger partial charge in [0.05, 0.1) is 0 Å². The summed E-state index contributed by atoms with van der Waals surface area (Å²) in [6.07, 6.45) is 0. The first kappa shape index (κ1) is 11.8. The molecule has 1 aromatic rings. The average Bonchev–Trinajstić information content (AvgIpc) is 2.15. The predicted molar refractivity (Wildman–Crippen MR) is 54.3 cm³/mol. The predicted octanol–water partition coefficient (Wildman–Crippen LogP) is 2.03. The molecule has 0 radical (unpaired) electrons. The van der Waals surface area contributed by atoms with E-state index in [1.807, 2.05) is 27.7 Å². The monoisotopic (exact) mass is 183 g/mol. The summed E-state index contributed by atoms with van der Waals surface area (Å²) in [5, 5.41) is 9.17. The third-order valence-electron chi connectivity index (χ3n) is 2.00. The van der Waals surface area contributed by atoms with Crippen molar-refractivity contribution < 1.29 is 5.11 Å². The van der Waals surface area contributed by atoms with Crippen LogP contribution >= 0.6 is 0 Å². The maximum atomic E-state index is 10.9. The number of rotatable bonds is 0. The van der Waals surface area contributed by atoms with E-state index in [9.17, 15) is 4.79 Å². The summed E-state index contributed by atoms with van der Waals surface area (Å²) in [7, 11) is 0. The number of pyridine rings is 1. The van der Waals surface area contributed by atoms with Crippen molar-refractivity contribution in [1.29, 1.82) is 0 Å². The van der Waals surface area contributed by atoms with Crippen LogP contribution in [-0.2, 0) is 0 Å². The molecule has 0 atom stereocenters. The number of aromatic hydroxyl groups is 1. The van der Waals surface area contributed by atoms with Crippen molar-refractivity contribution in [3.63, 3.8) is 0 Å². The lowest BCUT2D eigenvalue weighted by Gasteiger charge is -2.04. The van der Waals surface area contributed by atoms with Crippen LogP contribution in [-0.4, -0.2) is 10.1 Å². The molecular formula is C10H17NO2. The standard InChI is InChI=1S/C8H11NO2.C2H6/c1-4-5(2)7(10)8(11)9-6(4)3;1-2/h10H,1-3H3,(H,9,11);1-2H3. The van der Waals surface area contributed by atoms with Crippen LogP contribution in [0.2, 0.25) is 0 Å². The van der Waals surface area contributed by atoms with Gasteiger partial charge < -0.3 is 10.1 Å². The molecule has 1 aromatic heterocycles. The van der Waals surface area contributed by atoms with Crippen molar-refractivity contribution in [1.82, 2.24) is 4.98 Å². The highest BCUT2D eigenvalue weighted by atomic mass is 16.3. The molecule has 0 fully saturated rings. The first-order valence-electron chi connectivity index (χ1n) is 4.43. The largest absolute Gasteiger partial charge is 0.503 e. The molecule has 1 heterocycles. The van der Waals surface area contributed by atoms with Gasteiger partial charge >= 0.3 is 0 Å².